The number of hydrogen-bond acceptors (Lipinski definition) is 4. The first-order valence-corrected chi connectivity index (χ1v) is 31.6. The van der Waals surface area contributed by atoms with Gasteiger partial charge in [-0.15, -0.1) is 0 Å². The molecule has 0 aromatic heterocycles. The zero-order chi connectivity index (χ0) is 53.4. The van der Waals surface area contributed by atoms with Gasteiger partial charge in [0.15, 0.2) is 23.1 Å². The zero-order valence-corrected chi connectivity index (χ0v) is 50.3. The number of allylic oxidation sites excluding steroid dienone is 2. The molecule has 0 N–H and O–H groups in total. The molecule has 1 aliphatic rings. The van der Waals surface area contributed by atoms with Crippen LogP contribution in [0, 0.1) is 0 Å². The summed E-state index contributed by atoms with van der Waals surface area (Å²) in [5.41, 5.74) is 17.7. The van der Waals surface area contributed by atoms with Crippen molar-refractivity contribution in [1.82, 2.24) is 0 Å². The van der Waals surface area contributed by atoms with E-state index in [1.165, 1.54) is 159 Å². The Morgan fingerprint density at radius 1 is 0.347 bits per heavy atom. The van der Waals surface area contributed by atoms with Crippen LogP contribution in [0.2, 0.25) is 0 Å². The molecule has 3 rings (SSSR count). The zero-order valence-electron chi connectivity index (χ0n) is 48.8. The summed E-state index contributed by atoms with van der Waals surface area (Å²) in [6, 6.07) is 11.2. The van der Waals surface area contributed by atoms with Crippen LogP contribution < -0.4 is 0 Å². The van der Waals surface area contributed by atoms with Crippen molar-refractivity contribution in [3.63, 3.8) is 0 Å². The molecule has 0 atom stereocenters. The molecule has 0 amide bonds. The molecular weight excluding hydrogens is 1020 g/mol. The summed E-state index contributed by atoms with van der Waals surface area (Å²) in [6.07, 6.45) is 48.3. The molecule has 75 heavy (non-hydrogen) atoms. The minimum absolute atomic E-state index is 0. The van der Waals surface area contributed by atoms with Crippen molar-refractivity contribution in [3.8, 4) is 0 Å². The Balaban J connectivity index is 0.0000193. The second-order valence-electron chi connectivity index (χ2n) is 22.3. The Hall–Kier alpha value is -3.14. The largest absolute Gasteiger partial charge is 0.493 e. The molecule has 0 aliphatic carbocycles. The quantitative estimate of drug-likeness (QED) is 0.0285. The minimum atomic E-state index is -0.00880. The van der Waals surface area contributed by atoms with Crippen molar-refractivity contribution in [2.45, 2.75) is 311 Å². The third kappa shape index (κ3) is 27.3. The van der Waals surface area contributed by atoms with Crippen LogP contribution in [-0.4, -0.2) is 27.8 Å². The summed E-state index contributed by atoms with van der Waals surface area (Å²) in [5.74, 6) is 0.0267. The van der Waals surface area contributed by atoms with E-state index in [4.69, 9.17) is 0 Å². The molecule has 0 saturated carbocycles. The van der Waals surface area contributed by atoms with E-state index < -0.39 is 0 Å². The van der Waals surface area contributed by atoms with E-state index in [1.54, 1.807) is 0 Å². The minimum Gasteiger partial charge on any atom is -0.493 e. The van der Waals surface area contributed by atoms with Crippen LogP contribution in [-0.2, 0) is 20.4 Å². The number of carbonyl (C=O) groups excluding carboxylic acids is 4. The van der Waals surface area contributed by atoms with Crippen molar-refractivity contribution in [2.75, 3.05) is 0 Å². The second-order valence-corrected chi connectivity index (χ2v) is 22.3. The molecule has 2 aromatic rings. The molecule has 2 aromatic carbocycles. The maximum Gasteiger partial charge on any atom is 0.210 e. The van der Waals surface area contributed by atoms with Gasteiger partial charge in [-0.05, 0) is 74.9 Å². The van der Waals surface area contributed by atoms with Gasteiger partial charge >= 0.3 is 0 Å². The monoisotopic (exact) mass is 1120 g/mol. The molecule has 0 spiro atoms. The van der Waals surface area contributed by atoms with Crippen molar-refractivity contribution in [2.24, 2.45) is 0 Å². The number of nitrogens with zero attached hydrogens (tertiary/aromatic N) is 2. The number of ketones is 4. The maximum atomic E-state index is 14.3. The van der Waals surface area contributed by atoms with E-state index in [1.807, 2.05) is 42.5 Å². The van der Waals surface area contributed by atoms with E-state index in [0.717, 1.165) is 95.5 Å². The topological polar surface area (TPSA) is 93.6 Å². The Morgan fingerprint density at radius 3 is 0.933 bits per heavy atom. The molecule has 0 bridgehead atoms. The Kier molecular flexibility index (Phi) is 39.7. The molecule has 1 heterocycles. The van der Waals surface area contributed by atoms with E-state index in [9.17, 15) is 24.7 Å². The summed E-state index contributed by atoms with van der Waals surface area (Å²) < 4.78 is 1.23. The molecular formula is C68H108N2O4Pd. The Labute approximate surface area is 473 Å². The first-order chi connectivity index (χ1) is 36.2. The third-order valence-electron chi connectivity index (χ3n) is 15.7. The number of rotatable bonds is 49. The van der Waals surface area contributed by atoms with Crippen LogP contribution in [0.15, 0.2) is 48.0 Å². The van der Waals surface area contributed by atoms with Gasteiger partial charge < -0.3 is 5.53 Å². The number of Topliss-reactive ketones (excluding diaryl/α,β-unsaturated/α-hetero) is 4. The van der Waals surface area contributed by atoms with Crippen LogP contribution >= 0.6 is 0 Å². The van der Waals surface area contributed by atoms with Gasteiger partial charge in [-0.2, -0.15) is 0 Å². The summed E-state index contributed by atoms with van der Waals surface area (Å²) in [7, 11) is 0. The molecule has 1 aliphatic heterocycles. The van der Waals surface area contributed by atoms with E-state index >= 15 is 0 Å². The molecule has 0 fully saturated rings. The van der Waals surface area contributed by atoms with Gasteiger partial charge in [-0.25, -0.2) is 4.70 Å². The van der Waals surface area contributed by atoms with Gasteiger partial charge in [-0.3, -0.25) is 19.2 Å². The van der Waals surface area contributed by atoms with Gasteiger partial charge in [0.1, 0.15) is 0 Å². The SMILES string of the molecule is CCCCCCCCCCCC(=O)c1ccc(C2=CC(CCCC)=C(c3ccc(C(=O)CCCCCCCCCCC)c(C(=O)CCCCCCCCCCC)c3)[N+]2=[N-])cc1C(=O)CCCCCCCCCCC.[Pd]. The summed E-state index contributed by atoms with van der Waals surface area (Å²) in [5, 5.41) is 0. The number of carbonyl (C=O) groups is 4. The van der Waals surface area contributed by atoms with Gasteiger partial charge in [0.05, 0.1) is 0 Å². The standard InChI is InChI=1S/C68H108N2O4.Pd/c1-6-11-16-20-24-28-32-36-40-45-64(71)59-51-49-56(53-61(59)66(73)47-42-38-34-30-26-22-18-13-8-3)63-55-57(44-15-10-5)68(70(63)69)58-50-52-60(65(72)46-41-37-33-29-25-21-17-12-7-2)62(54-58)67(74)48-43-39-35-31-27-23-19-14-9-4;/h49-55H,6-48H2,1-5H3;. The molecule has 0 radical (unpaired) electrons. The van der Waals surface area contributed by atoms with E-state index in [0.29, 0.717) is 76.9 Å². The first-order valence-electron chi connectivity index (χ1n) is 31.6. The summed E-state index contributed by atoms with van der Waals surface area (Å²) >= 11 is 0. The molecule has 0 saturated heterocycles. The van der Waals surface area contributed by atoms with E-state index in [2.05, 4.69) is 34.6 Å². The average molecular weight is 1120 g/mol. The first kappa shape index (κ1) is 68.0. The second kappa shape index (κ2) is 43.8. The van der Waals surface area contributed by atoms with Gasteiger partial charge in [0.25, 0.3) is 0 Å². The average Bonchev–Trinajstić information content (AvgIpc) is 3.74. The maximum absolute atomic E-state index is 14.3. The van der Waals surface area contributed by atoms with Crippen LogP contribution in [0.3, 0.4) is 0 Å². The van der Waals surface area contributed by atoms with Gasteiger partial charge in [0.2, 0.25) is 11.4 Å². The summed E-state index contributed by atoms with van der Waals surface area (Å²) in [6.45, 7) is 11.1. The summed E-state index contributed by atoms with van der Waals surface area (Å²) in [4.78, 5) is 56.5. The third-order valence-corrected chi connectivity index (χ3v) is 15.7. The number of hydrogen-bond donors (Lipinski definition) is 0. The fourth-order valence-electron chi connectivity index (χ4n) is 10.9. The predicted molar refractivity (Wildman–Crippen MR) is 316 cm³/mol. The molecule has 6 nitrogen and oxygen atoms in total. The molecule has 424 valence electrons. The normalized spacial score (nSPS) is 12.4. The van der Waals surface area contributed by atoms with Gasteiger partial charge in [0, 0.05) is 91.1 Å². The molecule has 0 unspecified atom stereocenters. The Bertz CT molecular complexity index is 2000. The van der Waals surface area contributed by atoms with Crippen molar-refractivity contribution in [1.29, 1.82) is 0 Å². The Morgan fingerprint density at radius 2 is 0.613 bits per heavy atom. The fourth-order valence-corrected chi connectivity index (χ4v) is 10.9. The van der Waals surface area contributed by atoms with E-state index in [-0.39, 0.29) is 43.6 Å². The van der Waals surface area contributed by atoms with Crippen molar-refractivity contribution < 1.29 is 44.3 Å². The number of benzene rings is 2. The van der Waals surface area contributed by atoms with Crippen LogP contribution in [0.4, 0.5) is 0 Å². The molecule has 7 heteroatoms. The number of unbranched alkanes of at least 4 members (excludes halogenated alkanes) is 33. The van der Waals surface area contributed by atoms with Crippen LogP contribution in [0.5, 0.6) is 0 Å². The predicted octanol–water partition coefficient (Wildman–Crippen LogP) is 22.1. The van der Waals surface area contributed by atoms with Crippen LogP contribution in [0.25, 0.3) is 16.9 Å². The van der Waals surface area contributed by atoms with Crippen LogP contribution in [0.1, 0.15) is 363 Å². The van der Waals surface area contributed by atoms with Gasteiger partial charge in [-0.1, -0.05) is 247 Å². The van der Waals surface area contributed by atoms with Crippen molar-refractivity contribution >= 4 is 34.5 Å². The smallest absolute Gasteiger partial charge is 0.210 e. The van der Waals surface area contributed by atoms with Crippen molar-refractivity contribution in [3.05, 3.63) is 87.0 Å². The fraction of sp³-hybridized carbons (Fsp3) is 0.706.